The number of nitrogens with zero attached hydrogens (tertiary/aromatic N) is 1. The Kier molecular flexibility index (Phi) is 5.83. The third-order valence-corrected chi connectivity index (χ3v) is 6.98. The first kappa shape index (κ1) is 17.4. The predicted octanol–water partition coefficient (Wildman–Crippen LogP) is 4.54. The minimum Gasteiger partial charge on any atom is -0.207 e. The zero-order valence-electron chi connectivity index (χ0n) is 11.8. The highest BCUT2D eigenvalue weighted by atomic mass is 35.5. The molecule has 0 unspecified atom stereocenters. The van der Waals surface area contributed by atoms with E-state index in [-0.39, 0.29) is 15.8 Å². The number of hydrogen-bond acceptors (Lipinski definition) is 2. The minimum absolute atomic E-state index is 0.0577. The van der Waals surface area contributed by atoms with Crippen molar-refractivity contribution in [2.75, 3.05) is 13.1 Å². The molecule has 0 amide bonds. The highest BCUT2D eigenvalue weighted by Gasteiger charge is 2.31. The van der Waals surface area contributed by atoms with E-state index < -0.39 is 10.0 Å². The van der Waals surface area contributed by atoms with Crippen molar-refractivity contribution in [2.45, 2.75) is 37.0 Å². The number of rotatable bonds is 4. The number of halogens is 3. The van der Waals surface area contributed by atoms with Gasteiger partial charge in [-0.05, 0) is 36.5 Å². The molecule has 7 heteroatoms. The van der Waals surface area contributed by atoms with E-state index in [2.05, 4.69) is 6.92 Å². The monoisotopic (exact) mass is 369 g/mol. The Hall–Kier alpha value is -0.000000000000000111. The molecule has 0 bridgehead atoms. The van der Waals surface area contributed by atoms with Crippen molar-refractivity contribution in [1.29, 1.82) is 0 Å². The van der Waals surface area contributed by atoms with Gasteiger partial charge in [0, 0.05) is 24.0 Å². The molecule has 1 aromatic carbocycles. The predicted molar refractivity (Wildman–Crippen MR) is 87.8 cm³/mol. The molecule has 2 rings (SSSR count). The van der Waals surface area contributed by atoms with Gasteiger partial charge in [-0.1, -0.05) is 36.5 Å². The molecule has 118 valence electrons. The fourth-order valence-electron chi connectivity index (χ4n) is 2.60. The van der Waals surface area contributed by atoms with E-state index in [1.165, 1.54) is 10.4 Å². The highest BCUT2D eigenvalue weighted by Crippen LogP contribution is 2.34. The summed E-state index contributed by atoms with van der Waals surface area (Å²) in [4.78, 5) is 0.0577. The standard InChI is InChI=1S/C14H18Cl3NO2S/c1-2-10-3-5-18(6-4-10)21(19,20)13-8-12(16)7-11(9-15)14(13)17/h7-8,10H,2-6,9H2,1H3. The Balaban J connectivity index is 2.34. The van der Waals surface area contributed by atoms with Gasteiger partial charge in [0.2, 0.25) is 10.0 Å². The lowest BCUT2D eigenvalue weighted by atomic mass is 9.96. The summed E-state index contributed by atoms with van der Waals surface area (Å²) in [5, 5.41) is 0.504. The third kappa shape index (κ3) is 3.67. The zero-order valence-corrected chi connectivity index (χ0v) is 14.9. The number of piperidine rings is 1. The van der Waals surface area contributed by atoms with Crippen LogP contribution in [0, 0.1) is 5.92 Å². The molecule has 0 radical (unpaired) electrons. The summed E-state index contributed by atoms with van der Waals surface area (Å²) < 4.78 is 27.0. The number of sulfonamides is 1. The summed E-state index contributed by atoms with van der Waals surface area (Å²) in [6, 6.07) is 3.00. The normalized spacial score (nSPS) is 18.1. The van der Waals surface area contributed by atoms with Gasteiger partial charge < -0.3 is 0 Å². The summed E-state index contributed by atoms with van der Waals surface area (Å²) in [7, 11) is -3.62. The van der Waals surface area contributed by atoms with Crippen molar-refractivity contribution >= 4 is 44.8 Å². The fourth-order valence-corrected chi connectivity index (χ4v) is 5.26. The molecule has 0 saturated carbocycles. The maximum atomic E-state index is 12.8. The molecule has 1 fully saturated rings. The molecule has 1 aliphatic heterocycles. The van der Waals surface area contributed by atoms with Crippen LogP contribution in [-0.4, -0.2) is 25.8 Å². The molecular formula is C14H18Cl3NO2S. The second kappa shape index (κ2) is 7.05. The van der Waals surface area contributed by atoms with Gasteiger partial charge in [0.1, 0.15) is 4.90 Å². The molecule has 0 aromatic heterocycles. The van der Waals surface area contributed by atoms with Crippen LogP contribution < -0.4 is 0 Å². The van der Waals surface area contributed by atoms with Crippen LogP contribution in [0.25, 0.3) is 0 Å². The second-order valence-electron chi connectivity index (χ2n) is 5.27. The van der Waals surface area contributed by atoms with Crippen molar-refractivity contribution in [3.8, 4) is 0 Å². The molecule has 0 N–H and O–H groups in total. The molecular weight excluding hydrogens is 353 g/mol. The van der Waals surface area contributed by atoms with Crippen molar-refractivity contribution in [3.63, 3.8) is 0 Å². The van der Waals surface area contributed by atoms with Gasteiger partial charge in [-0.2, -0.15) is 4.31 Å². The van der Waals surface area contributed by atoms with Crippen LogP contribution in [0.5, 0.6) is 0 Å². The lowest BCUT2D eigenvalue weighted by Gasteiger charge is -2.31. The van der Waals surface area contributed by atoms with Gasteiger partial charge in [0.15, 0.2) is 0 Å². The van der Waals surface area contributed by atoms with E-state index in [0.29, 0.717) is 29.6 Å². The quantitative estimate of drug-likeness (QED) is 0.729. The van der Waals surface area contributed by atoms with E-state index >= 15 is 0 Å². The highest BCUT2D eigenvalue weighted by molar-refractivity contribution is 7.89. The smallest absolute Gasteiger partial charge is 0.207 e. The molecule has 0 spiro atoms. The van der Waals surface area contributed by atoms with Gasteiger partial charge in [-0.3, -0.25) is 0 Å². The number of alkyl halides is 1. The van der Waals surface area contributed by atoms with Crippen LogP contribution in [0.2, 0.25) is 10.0 Å². The van der Waals surface area contributed by atoms with E-state index in [0.717, 1.165) is 19.3 Å². The van der Waals surface area contributed by atoms with Crippen LogP contribution in [-0.2, 0) is 15.9 Å². The Morgan fingerprint density at radius 2 is 1.86 bits per heavy atom. The molecule has 3 nitrogen and oxygen atoms in total. The van der Waals surface area contributed by atoms with Gasteiger partial charge in [0.25, 0.3) is 0 Å². The van der Waals surface area contributed by atoms with Gasteiger partial charge in [0.05, 0.1) is 5.02 Å². The zero-order chi connectivity index (χ0) is 15.6. The Morgan fingerprint density at radius 3 is 2.38 bits per heavy atom. The van der Waals surface area contributed by atoms with Crippen molar-refractivity contribution in [1.82, 2.24) is 4.31 Å². The molecule has 21 heavy (non-hydrogen) atoms. The van der Waals surface area contributed by atoms with Crippen molar-refractivity contribution in [2.24, 2.45) is 5.92 Å². The average Bonchev–Trinajstić information content (AvgIpc) is 2.49. The third-order valence-electron chi connectivity index (χ3n) is 3.99. The summed E-state index contributed by atoms with van der Waals surface area (Å²) in [6.07, 6.45) is 2.86. The molecule has 1 heterocycles. The second-order valence-corrected chi connectivity index (χ2v) is 8.25. The van der Waals surface area contributed by atoms with Gasteiger partial charge in [-0.25, -0.2) is 8.42 Å². The summed E-state index contributed by atoms with van der Waals surface area (Å²) in [5.74, 6) is 0.726. The van der Waals surface area contributed by atoms with Crippen LogP contribution in [0.4, 0.5) is 0 Å². The van der Waals surface area contributed by atoms with Crippen LogP contribution in [0.1, 0.15) is 31.7 Å². The lowest BCUT2D eigenvalue weighted by molar-refractivity contribution is 0.269. The first-order valence-electron chi connectivity index (χ1n) is 6.94. The molecule has 0 aliphatic carbocycles. The maximum Gasteiger partial charge on any atom is 0.244 e. The average molecular weight is 371 g/mol. The van der Waals surface area contributed by atoms with Gasteiger partial charge >= 0.3 is 0 Å². The molecule has 1 saturated heterocycles. The maximum absolute atomic E-state index is 12.8. The molecule has 1 aliphatic rings. The van der Waals surface area contributed by atoms with E-state index in [1.54, 1.807) is 6.07 Å². The summed E-state index contributed by atoms with van der Waals surface area (Å²) in [5.41, 5.74) is 0.535. The van der Waals surface area contributed by atoms with E-state index in [9.17, 15) is 8.42 Å². The van der Waals surface area contributed by atoms with E-state index in [1.807, 2.05) is 0 Å². The van der Waals surface area contributed by atoms with Crippen LogP contribution >= 0.6 is 34.8 Å². The topological polar surface area (TPSA) is 37.4 Å². The first-order valence-corrected chi connectivity index (χ1v) is 9.67. The van der Waals surface area contributed by atoms with Crippen molar-refractivity contribution < 1.29 is 8.42 Å². The first-order chi connectivity index (χ1) is 9.90. The largest absolute Gasteiger partial charge is 0.244 e. The number of benzene rings is 1. The van der Waals surface area contributed by atoms with Crippen LogP contribution in [0.3, 0.4) is 0 Å². The van der Waals surface area contributed by atoms with Crippen molar-refractivity contribution in [3.05, 3.63) is 27.7 Å². The minimum atomic E-state index is -3.62. The van der Waals surface area contributed by atoms with Crippen LogP contribution in [0.15, 0.2) is 17.0 Å². The van der Waals surface area contributed by atoms with E-state index in [4.69, 9.17) is 34.8 Å². The summed E-state index contributed by atoms with van der Waals surface area (Å²) >= 11 is 18.0. The Labute approximate surface area is 141 Å². The Morgan fingerprint density at radius 1 is 1.24 bits per heavy atom. The number of hydrogen-bond donors (Lipinski definition) is 0. The Bertz CT molecular complexity index is 611. The molecule has 0 atom stereocenters. The SMILES string of the molecule is CCC1CCN(S(=O)(=O)c2cc(Cl)cc(CCl)c2Cl)CC1. The summed E-state index contributed by atoms with van der Waals surface area (Å²) in [6.45, 7) is 3.19. The van der Waals surface area contributed by atoms with Gasteiger partial charge in [-0.15, -0.1) is 11.6 Å². The molecule has 1 aromatic rings. The fraction of sp³-hybridized carbons (Fsp3) is 0.571. The lowest BCUT2D eigenvalue weighted by Crippen LogP contribution is -2.38.